The van der Waals surface area contributed by atoms with Gasteiger partial charge in [-0.05, 0) is 25.7 Å². The van der Waals surface area contributed by atoms with Crippen LogP contribution in [0.1, 0.15) is 52.9 Å². The Morgan fingerprint density at radius 2 is 1.62 bits per heavy atom. The summed E-state index contributed by atoms with van der Waals surface area (Å²) in [5, 5.41) is 2.99. The van der Waals surface area contributed by atoms with E-state index in [0.717, 1.165) is 37.8 Å². The van der Waals surface area contributed by atoms with Crippen molar-refractivity contribution in [1.82, 2.24) is 5.32 Å². The van der Waals surface area contributed by atoms with Gasteiger partial charge < -0.3 is 14.8 Å². The van der Waals surface area contributed by atoms with E-state index in [9.17, 15) is 14.4 Å². The maximum atomic E-state index is 12.3. The average Bonchev–Trinajstić information content (AvgIpc) is 2.57. The summed E-state index contributed by atoms with van der Waals surface area (Å²) in [5.74, 6) is -0.952. The molecule has 0 aromatic heterocycles. The van der Waals surface area contributed by atoms with Crippen LogP contribution in [0.3, 0.4) is 0 Å². The zero-order valence-corrected chi connectivity index (χ0v) is 14.9. The summed E-state index contributed by atoms with van der Waals surface area (Å²) in [4.78, 5) is 35.1. The molecule has 6 heteroatoms. The van der Waals surface area contributed by atoms with Gasteiger partial charge in [0.05, 0.1) is 12.6 Å². The Kier molecular flexibility index (Phi) is 9.12. The molecule has 1 fully saturated rings. The summed E-state index contributed by atoms with van der Waals surface area (Å²) in [5.41, 5.74) is 0. The summed E-state index contributed by atoms with van der Waals surface area (Å²) in [6, 6.07) is -0.237. The molecule has 1 atom stereocenters. The van der Waals surface area contributed by atoms with Crippen LogP contribution in [0.5, 0.6) is 0 Å². The van der Waals surface area contributed by atoms with Crippen LogP contribution in [0.15, 0.2) is 12.2 Å². The SMILES string of the molecule is CCOC(=O)/C=C/C(=O)OC[C@@H](NC(=O)C1CCCCC1)C(C)C. The Hall–Kier alpha value is -1.85. The number of esters is 2. The summed E-state index contributed by atoms with van der Waals surface area (Å²) in [7, 11) is 0. The van der Waals surface area contributed by atoms with Crippen LogP contribution >= 0.6 is 0 Å². The maximum Gasteiger partial charge on any atom is 0.331 e. The molecular weight excluding hydrogens is 310 g/mol. The Morgan fingerprint density at radius 1 is 1.04 bits per heavy atom. The largest absolute Gasteiger partial charge is 0.463 e. The minimum absolute atomic E-state index is 0.0477. The Bertz CT molecular complexity index is 452. The summed E-state index contributed by atoms with van der Waals surface area (Å²) >= 11 is 0. The third kappa shape index (κ3) is 7.62. The van der Waals surface area contributed by atoms with Crippen molar-refractivity contribution in [3.8, 4) is 0 Å². The highest BCUT2D eigenvalue weighted by molar-refractivity contribution is 5.91. The Labute approximate surface area is 144 Å². The first-order valence-electron chi connectivity index (χ1n) is 8.76. The zero-order valence-electron chi connectivity index (χ0n) is 14.9. The van der Waals surface area contributed by atoms with Crippen molar-refractivity contribution in [2.45, 2.75) is 58.9 Å². The third-order valence-electron chi connectivity index (χ3n) is 4.16. The highest BCUT2D eigenvalue weighted by atomic mass is 16.5. The van der Waals surface area contributed by atoms with Crippen molar-refractivity contribution in [3.63, 3.8) is 0 Å². The van der Waals surface area contributed by atoms with E-state index in [2.05, 4.69) is 10.1 Å². The number of carbonyl (C=O) groups is 3. The second-order valence-electron chi connectivity index (χ2n) is 6.41. The first-order chi connectivity index (χ1) is 11.4. The standard InChI is InChI=1S/C18H29NO5/c1-4-23-16(20)10-11-17(21)24-12-15(13(2)3)19-18(22)14-8-6-5-7-9-14/h10-11,13-15H,4-9,12H2,1-3H3,(H,19,22)/b11-10+/t15-/m1/s1. The van der Waals surface area contributed by atoms with Crippen LogP contribution in [-0.2, 0) is 23.9 Å². The monoisotopic (exact) mass is 339 g/mol. The van der Waals surface area contributed by atoms with Crippen molar-refractivity contribution in [2.75, 3.05) is 13.2 Å². The number of hydrogen-bond acceptors (Lipinski definition) is 5. The van der Waals surface area contributed by atoms with Gasteiger partial charge in [-0.2, -0.15) is 0 Å². The van der Waals surface area contributed by atoms with E-state index in [-0.39, 0.29) is 37.0 Å². The normalized spacial score (nSPS) is 16.8. The van der Waals surface area contributed by atoms with E-state index in [4.69, 9.17) is 4.74 Å². The number of amides is 1. The third-order valence-corrected chi connectivity index (χ3v) is 4.16. The van der Waals surface area contributed by atoms with Gasteiger partial charge >= 0.3 is 11.9 Å². The molecule has 0 aliphatic heterocycles. The summed E-state index contributed by atoms with van der Waals surface area (Å²) in [6.45, 7) is 5.96. The molecule has 0 radical (unpaired) electrons. The number of hydrogen-bond donors (Lipinski definition) is 1. The molecule has 6 nitrogen and oxygen atoms in total. The molecule has 0 spiro atoms. The lowest BCUT2D eigenvalue weighted by molar-refractivity contribution is -0.141. The fourth-order valence-corrected chi connectivity index (χ4v) is 2.61. The average molecular weight is 339 g/mol. The summed E-state index contributed by atoms with van der Waals surface area (Å²) < 4.78 is 9.82. The first kappa shape index (κ1) is 20.2. The van der Waals surface area contributed by atoms with Crippen LogP contribution < -0.4 is 5.32 Å². The number of nitrogens with one attached hydrogen (secondary N) is 1. The Balaban J connectivity index is 2.43. The highest BCUT2D eigenvalue weighted by Gasteiger charge is 2.25. The highest BCUT2D eigenvalue weighted by Crippen LogP contribution is 2.24. The summed E-state index contributed by atoms with van der Waals surface area (Å²) in [6.07, 6.45) is 7.32. The quantitative estimate of drug-likeness (QED) is 0.542. The fraction of sp³-hybridized carbons (Fsp3) is 0.722. The van der Waals surface area contributed by atoms with Gasteiger partial charge in [-0.1, -0.05) is 33.1 Å². The number of rotatable bonds is 8. The predicted octanol–water partition coefficient (Wildman–Crippen LogP) is 2.37. The predicted molar refractivity (Wildman–Crippen MR) is 90.1 cm³/mol. The number of carbonyl (C=O) groups excluding carboxylic acids is 3. The molecule has 0 bridgehead atoms. The van der Waals surface area contributed by atoms with E-state index < -0.39 is 11.9 Å². The van der Waals surface area contributed by atoms with Gasteiger partial charge in [-0.15, -0.1) is 0 Å². The van der Waals surface area contributed by atoms with Crippen molar-refractivity contribution in [1.29, 1.82) is 0 Å². The lowest BCUT2D eigenvalue weighted by atomic mass is 9.88. The van der Waals surface area contributed by atoms with Crippen LogP contribution in [0.4, 0.5) is 0 Å². The van der Waals surface area contributed by atoms with Gasteiger partial charge in [0.15, 0.2) is 0 Å². The van der Waals surface area contributed by atoms with Crippen molar-refractivity contribution < 1.29 is 23.9 Å². The maximum absolute atomic E-state index is 12.3. The lowest BCUT2D eigenvalue weighted by Crippen LogP contribution is -2.45. The molecule has 0 aromatic carbocycles. The molecular formula is C18H29NO5. The van der Waals surface area contributed by atoms with Crippen LogP contribution in [0, 0.1) is 11.8 Å². The minimum Gasteiger partial charge on any atom is -0.463 e. The van der Waals surface area contributed by atoms with Gasteiger partial charge in [-0.25, -0.2) is 9.59 Å². The lowest BCUT2D eigenvalue weighted by Gasteiger charge is -2.26. The van der Waals surface area contributed by atoms with Crippen molar-refractivity contribution >= 4 is 17.8 Å². The van der Waals surface area contributed by atoms with Crippen molar-refractivity contribution in [2.24, 2.45) is 11.8 Å². The van der Waals surface area contributed by atoms with E-state index in [1.54, 1.807) is 6.92 Å². The Morgan fingerprint density at radius 3 is 2.17 bits per heavy atom. The van der Waals surface area contributed by atoms with E-state index >= 15 is 0 Å². The van der Waals surface area contributed by atoms with Crippen LogP contribution in [0.25, 0.3) is 0 Å². The molecule has 1 aliphatic rings. The molecule has 0 aromatic rings. The van der Waals surface area contributed by atoms with Crippen LogP contribution in [-0.4, -0.2) is 37.1 Å². The van der Waals surface area contributed by atoms with Gasteiger partial charge in [0.25, 0.3) is 0 Å². The van der Waals surface area contributed by atoms with Gasteiger partial charge in [-0.3, -0.25) is 4.79 Å². The van der Waals surface area contributed by atoms with Gasteiger partial charge in [0.1, 0.15) is 6.61 Å². The molecule has 24 heavy (non-hydrogen) atoms. The second-order valence-corrected chi connectivity index (χ2v) is 6.41. The van der Waals surface area contributed by atoms with Gasteiger partial charge in [0.2, 0.25) is 5.91 Å². The molecule has 1 saturated carbocycles. The molecule has 1 aliphatic carbocycles. The molecule has 1 N–H and O–H groups in total. The van der Waals surface area contributed by atoms with Crippen LogP contribution in [0.2, 0.25) is 0 Å². The molecule has 136 valence electrons. The zero-order chi connectivity index (χ0) is 17.9. The van der Waals surface area contributed by atoms with E-state index in [1.165, 1.54) is 6.42 Å². The number of ether oxygens (including phenoxy) is 2. The second kappa shape index (κ2) is 10.8. The van der Waals surface area contributed by atoms with E-state index in [1.807, 2.05) is 13.8 Å². The molecule has 1 amide bonds. The van der Waals surface area contributed by atoms with Gasteiger partial charge in [0, 0.05) is 18.1 Å². The molecule has 0 saturated heterocycles. The van der Waals surface area contributed by atoms with E-state index in [0.29, 0.717) is 0 Å². The smallest absolute Gasteiger partial charge is 0.331 e. The molecule has 1 rings (SSSR count). The topological polar surface area (TPSA) is 81.7 Å². The fourth-order valence-electron chi connectivity index (χ4n) is 2.61. The minimum atomic E-state index is -0.624. The molecule has 0 heterocycles. The van der Waals surface area contributed by atoms with Crippen molar-refractivity contribution in [3.05, 3.63) is 12.2 Å². The first-order valence-corrected chi connectivity index (χ1v) is 8.76. The molecule has 0 unspecified atom stereocenters.